The van der Waals surface area contributed by atoms with Crippen LogP contribution in [-0.2, 0) is 13.0 Å². The first-order valence-electron chi connectivity index (χ1n) is 10.4. The molecular weight excluding hydrogens is 422 g/mol. The van der Waals surface area contributed by atoms with E-state index in [0.717, 1.165) is 55.5 Å². The molecule has 0 spiro atoms. The lowest BCUT2D eigenvalue weighted by Crippen LogP contribution is -2.42. The summed E-state index contributed by atoms with van der Waals surface area (Å²) in [7, 11) is 1.61. The average molecular weight is 447 g/mol. The van der Waals surface area contributed by atoms with Gasteiger partial charge in [0.2, 0.25) is 5.88 Å². The number of pyridine rings is 2. The van der Waals surface area contributed by atoms with Gasteiger partial charge in [-0.25, -0.2) is 13.8 Å². The van der Waals surface area contributed by atoms with E-state index in [9.17, 15) is 8.78 Å². The summed E-state index contributed by atoms with van der Waals surface area (Å²) in [6.45, 7) is 3.31. The van der Waals surface area contributed by atoms with Crippen LogP contribution in [0.5, 0.6) is 5.88 Å². The molecule has 5 nitrogen and oxygen atoms in total. The second-order valence-corrected chi connectivity index (χ2v) is 8.19. The van der Waals surface area contributed by atoms with Crippen LogP contribution < -0.4 is 10.1 Å². The summed E-state index contributed by atoms with van der Waals surface area (Å²) in [6, 6.07) is 8.67. The highest BCUT2D eigenvalue weighted by Crippen LogP contribution is 2.22. The Kier molecular flexibility index (Phi) is 6.95. The molecule has 1 aromatic carbocycles. The van der Waals surface area contributed by atoms with Crippen LogP contribution in [0.15, 0.2) is 36.5 Å². The lowest BCUT2D eigenvalue weighted by Gasteiger charge is -2.32. The number of halogens is 3. The maximum Gasteiger partial charge on any atom is 0.213 e. The minimum Gasteiger partial charge on any atom is -0.481 e. The molecule has 8 heteroatoms. The molecule has 1 aliphatic rings. The fraction of sp³-hybridized carbons (Fsp3) is 0.391. The summed E-state index contributed by atoms with van der Waals surface area (Å²) in [5.41, 5.74) is 3.49. The van der Waals surface area contributed by atoms with E-state index < -0.39 is 16.7 Å². The van der Waals surface area contributed by atoms with E-state index in [1.165, 1.54) is 12.1 Å². The van der Waals surface area contributed by atoms with Crippen LogP contribution in [0.2, 0.25) is 5.02 Å². The predicted molar refractivity (Wildman–Crippen MR) is 117 cm³/mol. The highest BCUT2D eigenvalue weighted by molar-refractivity contribution is 6.30. The normalized spacial score (nSPS) is 15.5. The quantitative estimate of drug-likeness (QED) is 0.546. The molecule has 1 aliphatic heterocycles. The number of nitrogens with one attached hydrogen (secondary N) is 1. The highest BCUT2D eigenvalue weighted by atomic mass is 35.5. The van der Waals surface area contributed by atoms with Crippen molar-refractivity contribution in [2.45, 2.75) is 31.8 Å². The summed E-state index contributed by atoms with van der Waals surface area (Å²) in [5.74, 6) is -0.845. The molecule has 2 aromatic heterocycles. The van der Waals surface area contributed by atoms with Crippen molar-refractivity contribution >= 4 is 22.6 Å². The Morgan fingerprint density at radius 3 is 2.61 bits per heavy atom. The molecule has 0 unspecified atom stereocenters. The zero-order valence-corrected chi connectivity index (χ0v) is 18.1. The Balaban J connectivity index is 1.28. The number of aromatic nitrogens is 2. The fourth-order valence-corrected chi connectivity index (χ4v) is 4.10. The van der Waals surface area contributed by atoms with Crippen molar-refractivity contribution < 1.29 is 13.5 Å². The monoisotopic (exact) mass is 446 g/mol. The maximum atomic E-state index is 13.6. The van der Waals surface area contributed by atoms with Crippen molar-refractivity contribution in [3.8, 4) is 5.88 Å². The Bertz CT molecular complexity index is 1030. The lowest BCUT2D eigenvalue weighted by atomic mass is 10.0. The summed E-state index contributed by atoms with van der Waals surface area (Å²) >= 11 is 5.55. The number of fused-ring (bicyclic) bond motifs is 1. The zero-order valence-electron chi connectivity index (χ0n) is 17.4. The van der Waals surface area contributed by atoms with E-state index in [1.807, 2.05) is 24.4 Å². The van der Waals surface area contributed by atoms with E-state index in [-0.39, 0.29) is 0 Å². The molecule has 0 atom stereocenters. The third kappa shape index (κ3) is 5.29. The number of benzene rings is 1. The fourth-order valence-electron chi connectivity index (χ4n) is 3.99. The van der Waals surface area contributed by atoms with Gasteiger partial charge in [-0.15, -0.1) is 0 Å². The first-order valence-corrected chi connectivity index (χ1v) is 10.8. The molecule has 1 saturated heterocycles. The molecule has 31 heavy (non-hydrogen) atoms. The molecule has 0 amide bonds. The molecule has 3 aromatic rings. The van der Waals surface area contributed by atoms with Gasteiger partial charge in [0, 0.05) is 31.4 Å². The molecule has 4 rings (SSSR count). The Labute approximate surface area is 185 Å². The molecule has 1 fully saturated rings. The molecule has 164 valence electrons. The van der Waals surface area contributed by atoms with E-state index in [1.54, 1.807) is 7.11 Å². The smallest absolute Gasteiger partial charge is 0.213 e. The topological polar surface area (TPSA) is 50.3 Å². The van der Waals surface area contributed by atoms with Crippen molar-refractivity contribution in [1.29, 1.82) is 0 Å². The van der Waals surface area contributed by atoms with Crippen molar-refractivity contribution in [3.63, 3.8) is 0 Å². The van der Waals surface area contributed by atoms with Crippen molar-refractivity contribution in [1.82, 2.24) is 20.2 Å². The molecule has 0 bridgehead atoms. The van der Waals surface area contributed by atoms with Gasteiger partial charge in [0.05, 0.1) is 18.1 Å². The van der Waals surface area contributed by atoms with Crippen LogP contribution in [-0.4, -0.2) is 47.7 Å². The van der Waals surface area contributed by atoms with Gasteiger partial charge >= 0.3 is 0 Å². The van der Waals surface area contributed by atoms with E-state index >= 15 is 0 Å². The van der Waals surface area contributed by atoms with Gasteiger partial charge in [-0.3, -0.25) is 4.98 Å². The number of ether oxygens (including phenoxy) is 1. The standard InChI is InChI=1S/C23H25ClF2N4O/c1-31-21-3-2-20-23(29-21)16(4-8-27-20)5-9-30-10-6-17(7-11-30)28-14-15-12-18(25)22(24)19(26)13-15/h2-4,8,12-13,17,28H,5-7,9-11,14H2,1H3. The van der Waals surface area contributed by atoms with Gasteiger partial charge in [-0.05, 0) is 67.7 Å². The van der Waals surface area contributed by atoms with Gasteiger partial charge in [0.1, 0.15) is 16.7 Å². The first kappa shape index (κ1) is 21.9. The average Bonchev–Trinajstić information content (AvgIpc) is 2.80. The van der Waals surface area contributed by atoms with Crippen LogP contribution in [0.4, 0.5) is 8.78 Å². The van der Waals surface area contributed by atoms with Crippen LogP contribution >= 0.6 is 11.6 Å². The third-order valence-electron chi connectivity index (χ3n) is 5.77. The SMILES string of the molecule is COc1ccc2nccc(CCN3CCC(NCc4cc(F)c(Cl)c(F)c4)CC3)c2n1. The molecular formula is C23H25ClF2N4O. The molecule has 1 N–H and O–H groups in total. The van der Waals surface area contributed by atoms with E-state index in [2.05, 4.69) is 20.2 Å². The number of hydrogen-bond acceptors (Lipinski definition) is 5. The van der Waals surface area contributed by atoms with Gasteiger partial charge in [0.25, 0.3) is 0 Å². The van der Waals surface area contributed by atoms with Gasteiger partial charge in [0.15, 0.2) is 0 Å². The Hall–Kier alpha value is -2.35. The van der Waals surface area contributed by atoms with Crippen LogP contribution in [0, 0.1) is 11.6 Å². The summed E-state index contributed by atoms with van der Waals surface area (Å²) in [6.07, 6.45) is 4.69. The van der Waals surface area contributed by atoms with Crippen molar-refractivity contribution in [2.75, 3.05) is 26.7 Å². The summed E-state index contributed by atoms with van der Waals surface area (Å²) in [4.78, 5) is 11.4. The summed E-state index contributed by atoms with van der Waals surface area (Å²) in [5, 5.41) is 2.96. The third-order valence-corrected chi connectivity index (χ3v) is 6.14. The van der Waals surface area contributed by atoms with Crippen LogP contribution in [0.3, 0.4) is 0 Å². The van der Waals surface area contributed by atoms with Gasteiger partial charge < -0.3 is 15.0 Å². The van der Waals surface area contributed by atoms with Crippen LogP contribution in [0.25, 0.3) is 11.0 Å². The second-order valence-electron chi connectivity index (χ2n) is 7.81. The number of piperidine rings is 1. The van der Waals surface area contributed by atoms with Crippen molar-refractivity contribution in [2.24, 2.45) is 0 Å². The molecule has 0 radical (unpaired) electrons. The summed E-state index contributed by atoms with van der Waals surface area (Å²) < 4.78 is 32.5. The highest BCUT2D eigenvalue weighted by Gasteiger charge is 2.19. The van der Waals surface area contributed by atoms with E-state index in [4.69, 9.17) is 16.3 Å². The van der Waals surface area contributed by atoms with Crippen molar-refractivity contribution in [3.05, 3.63) is 64.3 Å². The second kappa shape index (κ2) is 9.85. The maximum absolute atomic E-state index is 13.6. The molecule has 0 saturated carbocycles. The zero-order chi connectivity index (χ0) is 21.8. The number of nitrogens with zero attached hydrogens (tertiary/aromatic N) is 3. The predicted octanol–water partition coefficient (Wildman–Crippen LogP) is 4.37. The minimum absolute atomic E-state index is 0.325. The minimum atomic E-state index is -0.718. The first-order chi connectivity index (χ1) is 15.0. The number of hydrogen-bond donors (Lipinski definition) is 1. The number of methoxy groups -OCH3 is 1. The van der Waals surface area contributed by atoms with Gasteiger partial charge in [-0.2, -0.15) is 0 Å². The van der Waals surface area contributed by atoms with Crippen LogP contribution in [0.1, 0.15) is 24.0 Å². The molecule has 0 aliphatic carbocycles. The number of rotatable bonds is 7. The number of likely N-dealkylation sites (tertiary alicyclic amines) is 1. The Morgan fingerprint density at radius 2 is 1.90 bits per heavy atom. The molecule has 3 heterocycles. The largest absolute Gasteiger partial charge is 0.481 e. The lowest BCUT2D eigenvalue weighted by molar-refractivity contribution is 0.199. The van der Waals surface area contributed by atoms with Gasteiger partial charge in [-0.1, -0.05) is 11.6 Å². The van der Waals surface area contributed by atoms with E-state index in [0.29, 0.717) is 24.0 Å². The Morgan fingerprint density at radius 1 is 1.16 bits per heavy atom.